The third-order valence-corrected chi connectivity index (χ3v) is 5.98. The van der Waals surface area contributed by atoms with Gasteiger partial charge >= 0.3 is 0 Å². The zero-order chi connectivity index (χ0) is 22.0. The van der Waals surface area contributed by atoms with Gasteiger partial charge in [0, 0.05) is 24.8 Å². The molecule has 0 radical (unpaired) electrons. The van der Waals surface area contributed by atoms with E-state index in [1.165, 1.54) is 0 Å². The normalized spacial score (nSPS) is 15.4. The van der Waals surface area contributed by atoms with Crippen LogP contribution in [0.15, 0.2) is 54.6 Å². The third-order valence-electron chi connectivity index (χ3n) is 5.98. The predicted octanol–water partition coefficient (Wildman–Crippen LogP) is 3.78. The minimum absolute atomic E-state index is 0.0574. The van der Waals surface area contributed by atoms with Gasteiger partial charge in [0.15, 0.2) is 0 Å². The van der Waals surface area contributed by atoms with Crippen LogP contribution < -0.4 is 9.64 Å². The van der Waals surface area contributed by atoms with Crippen LogP contribution in [0.25, 0.3) is 5.69 Å². The summed E-state index contributed by atoms with van der Waals surface area (Å²) in [7, 11) is 1.86. The molecule has 0 spiro atoms. The number of likely N-dealkylation sites (N-methyl/N-ethyl adjacent to an activating group) is 2. The van der Waals surface area contributed by atoms with Crippen LogP contribution in [0.5, 0.6) is 5.75 Å². The molecule has 1 aliphatic heterocycles. The quantitative estimate of drug-likeness (QED) is 0.611. The molecule has 2 aromatic carbocycles. The van der Waals surface area contributed by atoms with Crippen molar-refractivity contribution in [3.63, 3.8) is 0 Å². The second-order valence-electron chi connectivity index (χ2n) is 8.09. The van der Waals surface area contributed by atoms with Gasteiger partial charge in [0.05, 0.1) is 36.6 Å². The van der Waals surface area contributed by atoms with Gasteiger partial charge in [-0.25, -0.2) is 4.68 Å². The molecule has 1 aromatic heterocycles. The fraction of sp³-hybridized carbons (Fsp3) is 0.360. The van der Waals surface area contributed by atoms with Crippen molar-refractivity contribution in [2.24, 2.45) is 0 Å². The number of amides is 1. The Balaban J connectivity index is 1.45. The molecule has 0 N–H and O–H groups in total. The molecule has 0 aliphatic carbocycles. The lowest BCUT2D eigenvalue weighted by atomic mass is 10.1. The van der Waals surface area contributed by atoms with Crippen molar-refractivity contribution < 1.29 is 9.53 Å². The number of aryl methyl sites for hydroxylation is 1. The molecule has 3 aromatic rings. The van der Waals surface area contributed by atoms with E-state index in [0.717, 1.165) is 47.2 Å². The number of carbonyl (C=O) groups is 1. The number of anilines is 1. The van der Waals surface area contributed by atoms with E-state index in [4.69, 9.17) is 4.74 Å². The number of rotatable bonds is 6. The number of hydrogen-bond donors (Lipinski definition) is 0. The molecule has 0 fully saturated rings. The number of benzene rings is 2. The Morgan fingerprint density at radius 1 is 1.13 bits per heavy atom. The summed E-state index contributed by atoms with van der Waals surface area (Å²) in [5, 5.41) is 4.67. The van der Waals surface area contributed by atoms with Gasteiger partial charge in [-0.1, -0.05) is 30.3 Å². The van der Waals surface area contributed by atoms with Crippen LogP contribution in [0.2, 0.25) is 0 Å². The Labute approximate surface area is 184 Å². The van der Waals surface area contributed by atoms with Crippen LogP contribution in [-0.4, -0.2) is 53.4 Å². The van der Waals surface area contributed by atoms with Crippen molar-refractivity contribution in [1.29, 1.82) is 0 Å². The van der Waals surface area contributed by atoms with E-state index in [0.29, 0.717) is 13.0 Å². The molecule has 0 saturated carbocycles. The molecule has 31 heavy (non-hydrogen) atoms. The largest absolute Gasteiger partial charge is 0.485 e. The number of nitrogens with zero attached hydrogens (tertiary/aromatic N) is 4. The highest BCUT2D eigenvalue weighted by molar-refractivity contribution is 5.79. The minimum Gasteiger partial charge on any atom is -0.485 e. The van der Waals surface area contributed by atoms with Gasteiger partial charge in [-0.15, -0.1) is 0 Å². The summed E-state index contributed by atoms with van der Waals surface area (Å²) in [6.07, 6.45) is 0.278. The summed E-state index contributed by atoms with van der Waals surface area (Å²) in [6.45, 7) is 8.37. The van der Waals surface area contributed by atoms with E-state index in [2.05, 4.69) is 23.0 Å². The molecule has 6 nitrogen and oxygen atoms in total. The Hall–Kier alpha value is -3.28. The average molecular weight is 419 g/mol. The zero-order valence-corrected chi connectivity index (χ0v) is 18.7. The summed E-state index contributed by atoms with van der Waals surface area (Å²) in [5.74, 6) is 0.960. The highest BCUT2D eigenvalue weighted by atomic mass is 16.5. The molecule has 162 valence electrons. The smallest absolute Gasteiger partial charge is 0.227 e. The lowest BCUT2D eigenvalue weighted by Gasteiger charge is -2.37. The number of ether oxygens (including phenoxy) is 1. The van der Waals surface area contributed by atoms with Gasteiger partial charge in [0.2, 0.25) is 5.91 Å². The summed E-state index contributed by atoms with van der Waals surface area (Å²) in [5.41, 5.74) is 5.01. The van der Waals surface area contributed by atoms with Crippen molar-refractivity contribution in [1.82, 2.24) is 14.7 Å². The maximum Gasteiger partial charge on any atom is 0.227 e. The second kappa shape index (κ2) is 8.84. The van der Waals surface area contributed by atoms with Crippen LogP contribution in [-0.2, 0) is 11.2 Å². The maximum atomic E-state index is 13.1. The molecule has 1 aliphatic rings. The van der Waals surface area contributed by atoms with Gasteiger partial charge < -0.3 is 14.5 Å². The number of hydrogen-bond acceptors (Lipinski definition) is 4. The fourth-order valence-corrected chi connectivity index (χ4v) is 4.22. The summed E-state index contributed by atoms with van der Waals surface area (Å²) in [6, 6.07) is 18.1. The van der Waals surface area contributed by atoms with Gasteiger partial charge in [-0.3, -0.25) is 4.79 Å². The first kappa shape index (κ1) is 21.0. The van der Waals surface area contributed by atoms with Gasteiger partial charge in [0.25, 0.3) is 0 Å². The number of aromatic nitrogens is 2. The average Bonchev–Trinajstić information content (AvgIpc) is 3.07. The first-order valence-electron chi connectivity index (χ1n) is 10.8. The third kappa shape index (κ3) is 4.29. The maximum absolute atomic E-state index is 13.1. The van der Waals surface area contributed by atoms with Gasteiger partial charge in [0.1, 0.15) is 11.9 Å². The monoisotopic (exact) mass is 418 g/mol. The highest BCUT2D eigenvalue weighted by Gasteiger charge is 2.27. The first-order chi connectivity index (χ1) is 15.0. The molecular formula is C25H30N4O2. The topological polar surface area (TPSA) is 50.6 Å². The van der Waals surface area contributed by atoms with E-state index >= 15 is 0 Å². The Morgan fingerprint density at radius 3 is 2.58 bits per heavy atom. The molecule has 0 bridgehead atoms. The van der Waals surface area contributed by atoms with Crippen LogP contribution in [0.1, 0.15) is 23.9 Å². The van der Waals surface area contributed by atoms with Crippen molar-refractivity contribution in [2.45, 2.75) is 33.3 Å². The molecule has 0 saturated heterocycles. The van der Waals surface area contributed by atoms with Crippen LogP contribution in [0.3, 0.4) is 0 Å². The summed E-state index contributed by atoms with van der Waals surface area (Å²) >= 11 is 0. The van der Waals surface area contributed by atoms with Gasteiger partial charge in [-0.05, 0) is 45.0 Å². The van der Waals surface area contributed by atoms with E-state index in [1.54, 1.807) is 4.90 Å². The van der Waals surface area contributed by atoms with Crippen LogP contribution in [0.4, 0.5) is 5.69 Å². The van der Waals surface area contributed by atoms with Crippen molar-refractivity contribution >= 4 is 11.6 Å². The summed E-state index contributed by atoms with van der Waals surface area (Å²) < 4.78 is 8.11. The molecule has 0 unspecified atom stereocenters. The van der Waals surface area contributed by atoms with E-state index in [-0.39, 0.29) is 12.0 Å². The fourth-order valence-electron chi connectivity index (χ4n) is 4.22. The molecular weight excluding hydrogens is 388 g/mol. The molecule has 4 rings (SSSR count). The lowest BCUT2D eigenvalue weighted by molar-refractivity contribution is -0.130. The van der Waals surface area contributed by atoms with Crippen molar-refractivity contribution in [3.05, 3.63) is 71.5 Å². The van der Waals surface area contributed by atoms with Crippen LogP contribution in [0, 0.1) is 13.8 Å². The van der Waals surface area contributed by atoms with Crippen molar-refractivity contribution in [2.75, 3.05) is 31.6 Å². The van der Waals surface area contributed by atoms with E-state index < -0.39 is 0 Å². The van der Waals surface area contributed by atoms with E-state index in [1.807, 2.05) is 74.1 Å². The van der Waals surface area contributed by atoms with Gasteiger partial charge in [-0.2, -0.15) is 5.10 Å². The zero-order valence-electron chi connectivity index (χ0n) is 18.7. The molecule has 1 atom stereocenters. The number of carbonyl (C=O) groups excluding carboxylic acids is 1. The Kier molecular flexibility index (Phi) is 5.98. The standard InChI is InChI=1S/C25H30N4O2/c1-5-28-17-21(31-24-14-10-9-13-23(24)28)16-27(4)25(30)15-22-18(2)26-29(19(22)3)20-11-7-6-8-12-20/h6-14,21H,5,15-17H2,1-4H3/t21-/m0/s1. The van der Waals surface area contributed by atoms with Crippen LogP contribution >= 0.6 is 0 Å². The first-order valence-corrected chi connectivity index (χ1v) is 10.8. The minimum atomic E-state index is -0.0574. The number of fused-ring (bicyclic) bond motifs is 1. The molecule has 1 amide bonds. The highest BCUT2D eigenvalue weighted by Crippen LogP contribution is 2.33. The van der Waals surface area contributed by atoms with E-state index in [9.17, 15) is 4.79 Å². The Bertz CT molecular complexity index is 1060. The molecule has 2 heterocycles. The second-order valence-corrected chi connectivity index (χ2v) is 8.09. The number of para-hydroxylation sites is 3. The Morgan fingerprint density at radius 2 is 1.84 bits per heavy atom. The SMILES string of the molecule is CCN1C[C@H](CN(C)C(=O)Cc2c(C)nn(-c3ccccc3)c2C)Oc2ccccc21. The lowest BCUT2D eigenvalue weighted by Crippen LogP contribution is -2.47. The molecule has 6 heteroatoms. The summed E-state index contributed by atoms with van der Waals surface area (Å²) in [4.78, 5) is 17.1. The predicted molar refractivity (Wildman–Crippen MR) is 123 cm³/mol. The van der Waals surface area contributed by atoms with Crippen molar-refractivity contribution in [3.8, 4) is 11.4 Å².